The Morgan fingerprint density at radius 1 is 1.60 bits per heavy atom. The predicted molar refractivity (Wildman–Crippen MR) is 79.8 cm³/mol. The maximum atomic E-state index is 12.8. The number of hydrogen-bond acceptors (Lipinski definition) is 3. The lowest BCUT2D eigenvalue weighted by atomic mass is 10.1. The van der Waals surface area contributed by atoms with Crippen LogP contribution in [0.4, 0.5) is 0 Å². The average molecular weight is 278 g/mol. The Bertz CT molecular complexity index is 460. The summed E-state index contributed by atoms with van der Waals surface area (Å²) in [6, 6.07) is 0.637. The number of amides is 1. The molecule has 1 amide bonds. The molecule has 0 aliphatic carbocycles. The van der Waals surface area contributed by atoms with Crippen LogP contribution in [0.1, 0.15) is 49.7 Å². The second-order valence-electron chi connectivity index (χ2n) is 5.86. The molecule has 1 saturated heterocycles. The van der Waals surface area contributed by atoms with Crippen LogP contribution in [0.5, 0.6) is 0 Å². The molecule has 0 spiro atoms. The summed E-state index contributed by atoms with van der Waals surface area (Å²) < 4.78 is 1.73. The second-order valence-corrected chi connectivity index (χ2v) is 5.86. The van der Waals surface area contributed by atoms with Crippen LogP contribution in [0.2, 0.25) is 0 Å². The summed E-state index contributed by atoms with van der Waals surface area (Å²) in [6.07, 6.45) is 5.00. The van der Waals surface area contributed by atoms with E-state index in [9.17, 15) is 4.79 Å². The summed E-state index contributed by atoms with van der Waals surface area (Å²) in [5.41, 5.74) is 1.64. The van der Waals surface area contributed by atoms with Crippen molar-refractivity contribution >= 4 is 5.91 Å². The lowest BCUT2D eigenvalue weighted by molar-refractivity contribution is 0.0688. The molecule has 1 fully saturated rings. The van der Waals surface area contributed by atoms with Gasteiger partial charge in [-0.15, -0.1) is 0 Å². The molecule has 1 N–H and O–H groups in total. The van der Waals surface area contributed by atoms with Gasteiger partial charge in [0.25, 0.3) is 5.91 Å². The maximum Gasteiger partial charge on any atom is 0.257 e. The fraction of sp³-hybridized carbons (Fsp3) is 0.733. The number of aryl methyl sites for hydroxylation is 2. The van der Waals surface area contributed by atoms with E-state index >= 15 is 0 Å². The lowest BCUT2D eigenvalue weighted by Gasteiger charge is -2.29. The molecule has 112 valence electrons. The summed E-state index contributed by atoms with van der Waals surface area (Å²) in [7, 11) is 1.87. The van der Waals surface area contributed by atoms with Crippen LogP contribution in [0.15, 0.2) is 6.20 Å². The van der Waals surface area contributed by atoms with Crippen LogP contribution in [-0.4, -0.2) is 45.8 Å². The van der Waals surface area contributed by atoms with E-state index in [0.717, 1.165) is 37.2 Å². The summed E-state index contributed by atoms with van der Waals surface area (Å²) in [4.78, 5) is 14.8. The van der Waals surface area contributed by atoms with Gasteiger partial charge in [0.05, 0.1) is 11.3 Å². The molecule has 1 aliphatic rings. The number of hydrogen-bond donors (Lipinski definition) is 1. The Kier molecular flexibility index (Phi) is 4.81. The highest BCUT2D eigenvalue weighted by molar-refractivity contribution is 5.95. The highest BCUT2D eigenvalue weighted by Crippen LogP contribution is 2.16. The minimum atomic E-state index is 0.110. The number of rotatable bonds is 5. The van der Waals surface area contributed by atoms with Gasteiger partial charge in [-0.2, -0.15) is 5.10 Å². The SMILES string of the molecule is CCc1nn(C)cc1C(=O)N(CC1CCCN1)C(C)C. The van der Waals surface area contributed by atoms with Crippen LogP contribution < -0.4 is 5.32 Å². The van der Waals surface area contributed by atoms with Crippen LogP contribution in [-0.2, 0) is 13.5 Å². The highest BCUT2D eigenvalue weighted by atomic mass is 16.2. The van der Waals surface area contributed by atoms with Gasteiger partial charge in [0.15, 0.2) is 0 Å². The first-order valence-electron chi connectivity index (χ1n) is 7.59. The van der Waals surface area contributed by atoms with E-state index in [4.69, 9.17) is 0 Å². The van der Waals surface area contributed by atoms with Gasteiger partial charge >= 0.3 is 0 Å². The molecule has 0 bridgehead atoms. The van der Waals surface area contributed by atoms with Crippen LogP contribution >= 0.6 is 0 Å². The van der Waals surface area contributed by atoms with Gasteiger partial charge in [-0.1, -0.05) is 6.92 Å². The van der Waals surface area contributed by atoms with E-state index < -0.39 is 0 Å². The number of carbonyl (C=O) groups is 1. The molecule has 1 aliphatic heterocycles. The second kappa shape index (κ2) is 6.39. The smallest absolute Gasteiger partial charge is 0.257 e. The number of nitrogens with zero attached hydrogens (tertiary/aromatic N) is 3. The third-order valence-electron chi connectivity index (χ3n) is 3.93. The molecule has 1 aromatic heterocycles. The van der Waals surface area contributed by atoms with E-state index in [2.05, 4.69) is 24.3 Å². The topological polar surface area (TPSA) is 50.2 Å². The molecule has 1 unspecified atom stereocenters. The van der Waals surface area contributed by atoms with Crippen molar-refractivity contribution in [2.45, 2.75) is 52.1 Å². The Morgan fingerprint density at radius 2 is 2.35 bits per heavy atom. The normalized spacial score (nSPS) is 18.8. The first kappa shape index (κ1) is 15.0. The molecular weight excluding hydrogens is 252 g/mol. The molecule has 5 nitrogen and oxygen atoms in total. The Hall–Kier alpha value is -1.36. The van der Waals surface area contributed by atoms with E-state index in [1.807, 2.05) is 25.1 Å². The van der Waals surface area contributed by atoms with Crippen molar-refractivity contribution in [3.8, 4) is 0 Å². The quantitative estimate of drug-likeness (QED) is 0.890. The van der Waals surface area contributed by atoms with Gasteiger partial charge in [-0.3, -0.25) is 9.48 Å². The molecule has 0 radical (unpaired) electrons. The zero-order valence-electron chi connectivity index (χ0n) is 13.0. The Labute approximate surface area is 121 Å². The zero-order valence-corrected chi connectivity index (χ0v) is 13.0. The maximum absolute atomic E-state index is 12.8. The molecule has 2 rings (SSSR count). The number of aromatic nitrogens is 2. The van der Waals surface area contributed by atoms with Crippen molar-refractivity contribution in [1.82, 2.24) is 20.0 Å². The van der Waals surface area contributed by atoms with E-state index in [1.54, 1.807) is 4.68 Å². The zero-order chi connectivity index (χ0) is 14.7. The summed E-state index contributed by atoms with van der Waals surface area (Å²) >= 11 is 0. The largest absolute Gasteiger partial charge is 0.335 e. The van der Waals surface area contributed by atoms with Gasteiger partial charge in [0.2, 0.25) is 0 Å². The van der Waals surface area contributed by atoms with Gasteiger partial charge in [-0.25, -0.2) is 0 Å². The molecule has 0 saturated carbocycles. The molecular formula is C15H26N4O. The minimum absolute atomic E-state index is 0.110. The third-order valence-corrected chi connectivity index (χ3v) is 3.93. The molecule has 1 atom stereocenters. The Balaban J connectivity index is 2.17. The molecule has 1 aromatic rings. The minimum Gasteiger partial charge on any atom is -0.335 e. The fourth-order valence-electron chi connectivity index (χ4n) is 2.81. The average Bonchev–Trinajstić information content (AvgIpc) is 3.03. The highest BCUT2D eigenvalue weighted by Gasteiger charge is 2.26. The molecule has 5 heteroatoms. The molecule has 2 heterocycles. The van der Waals surface area contributed by atoms with Gasteiger partial charge in [-0.05, 0) is 39.7 Å². The van der Waals surface area contributed by atoms with Crippen molar-refractivity contribution in [1.29, 1.82) is 0 Å². The van der Waals surface area contributed by atoms with E-state index in [0.29, 0.717) is 6.04 Å². The number of carbonyl (C=O) groups excluding carboxylic acids is 1. The van der Waals surface area contributed by atoms with Crippen LogP contribution in [0, 0.1) is 0 Å². The third kappa shape index (κ3) is 3.20. The van der Waals surface area contributed by atoms with Gasteiger partial charge in [0, 0.05) is 31.9 Å². The van der Waals surface area contributed by atoms with Gasteiger partial charge in [0.1, 0.15) is 0 Å². The first-order valence-corrected chi connectivity index (χ1v) is 7.59. The van der Waals surface area contributed by atoms with Crippen molar-refractivity contribution in [3.05, 3.63) is 17.5 Å². The monoisotopic (exact) mass is 278 g/mol. The standard InChI is InChI=1S/C15H26N4O/c1-5-14-13(10-18(4)17-14)15(20)19(11(2)3)9-12-7-6-8-16-12/h10-12,16H,5-9H2,1-4H3. The first-order chi connectivity index (χ1) is 9.52. The predicted octanol–water partition coefficient (Wildman–Crippen LogP) is 1.59. The van der Waals surface area contributed by atoms with E-state index in [-0.39, 0.29) is 11.9 Å². The lowest BCUT2D eigenvalue weighted by Crippen LogP contribution is -2.44. The van der Waals surface area contributed by atoms with Crippen molar-refractivity contribution in [3.63, 3.8) is 0 Å². The van der Waals surface area contributed by atoms with Gasteiger partial charge < -0.3 is 10.2 Å². The fourth-order valence-corrected chi connectivity index (χ4v) is 2.81. The molecule has 20 heavy (non-hydrogen) atoms. The van der Waals surface area contributed by atoms with Crippen molar-refractivity contribution in [2.24, 2.45) is 7.05 Å². The Morgan fingerprint density at radius 3 is 2.90 bits per heavy atom. The van der Waals surface area contributed by atoms with Crippen LogP contribution in [0.25, 0.3) is 0 Å². The number of nitrogens with one attached hydrogen (secondary N) is 1. The van der Waals surface area contributed by atoms with Crippen molar-refractivity contribution in [2.75, 3.05) is 13.1 Å². The van der Waals surface area contributed by atoms with Crippen LogP contribution in [0.3, 0.4) is 0 Å². The van der Waals surface area contributed by atoms with Crippen molar-refractivity contribution < 1.29 is 4.79 Å². The summed E-state index contributed by atoms with van der Waals surface area (Å²) in [6.45, 7) is 8.05. The summed E-state index contributed by atoms with van der Waals surface area (Å²) in [5.74, 6) is 0.110. The van der Waals surface area contributed by atoms with E-state index in [1.165, 1.54) is 6.42 Å². The summed E-state index contributed by atoms with van der Waals surface area (Å²) in [5, 5.41) is 7.84. The molecule has 0 aromatic carbocycles.